The van der Waals surface area contributed by atoms with E-state index < -0.39 is 10.0 Å². The van der Waals surface area contributed by atoms with Crippen LogP contribution in [0.3, 0.4) is 0 Å². The van der Waals surface area contributed by atoms with Crippen LogP contribution < -0.4 is 5.73 Å². The van der Waals surface area contributed by atoms with Crippen molar-refractivity contribution < 1.29 is 8.42 Å². The molecule has 6 nitrogen and oxygen atoms in total. The molecule has 2 saturated heterocycles. The summed E-state index contributed by atoms with van der Waals surface area (Å²) in [7, 11) is -3.42. The molecule has 0 spiro atoms. The predicted molar refractivity (Wildman–Crippen MR) is 61.6 cm³/mol. The van der Waals surface area contributed by atoms with Crippen LogP contribution in [0.25, 0.3) is 0 Å². The molecule has 2 aliphatic rings. The fourth-order valence-corrected chi connectivity index (χ4v) is 4.86. The number of hydrogen-bond acceptors (Lipinski definition) is 4. The number of H-pyrrole nitrogens is 1. The Labute approximate surface area is 100 Å². The Bertz CT molecular complexity index is 484. The number of hydrogen-bond donors (Lipinski definition) is 2. The number of nitrogens with zero attached hydrogens (tertiary/aromatic N) is 2. The number of sulfonamides is 1. The van der Waals surface area contributed by atoms with Crippen LogP contribution in [0.2, 0.25) is 0 Å². The highest BCUT2D eigenvalue weighted by Crippen LogP contribution is 2.38. The van der Waals surface area contributed by atoms with Gasteiger partial charge in [-0.15, -0.1) is 0 Å². The average Bonchev–Trinajstić information content (AvgIpc) is 2.86. The van der Waals surface area contributed by atoms with Crippen molar-refractivity contribution in [2.75, 3.05) is 0 Å². The maximum absolute atomic E-state index is 12.4. The van der Waals surface area contributed by atoms with Gasteiger partial charge >= 0.3 is 0 Å². The topological polar surface area (TPSA) is 92.1 Å². The van der Waals surface area contributed by atoms with Gasteiger partial charge in [0.15, 0.2) is 5.03 Å². The number of nitrogens with one attached hydrogen (secondary N) is 1. The molecule has 94 valence electrons. The third-order valence-corrected chi connectivity index (χ3v) is 5.66. The molecule has 1 aromatic heterocycles. The number of imidazole rings is 1. The molecule has 0 saturated carbocycles. The summed E-state index contributed by atoms with van der Waals surface area (Å²) in [6.07, 6.45) is 6.14. The van der Waals surface area contributed by atoms with E-state index in [2.05, 4.69) is 9.97 Å². The van der Waals surface area contributed by atoms with Gasteiger partial charge in [0.05, 0.1) is 12.5 Å². The van der Waals surface area contributed by atoms with Crippen molar-refractivity contribution in [3.63, 3.8) is 0 Å². The molecule has 0 aliphatic carbocycles. The summed E-state index contributed by atoms with van der Waals surface area (Å²) in [5, 5.41) is 0.185. The van der Waals surface area contributed by atoms with Gasteiger partial charge in [0.25, 0.3) is 10.0 Å². The van der Waals surface area contributed by atoms with Gasteiger partial charge in [0.1, 0.15) is 0 Å². The van der Waals surface area contributed by atoms with Crippen LogP contribution >= 0.6 is 0 Å². The predicted octanol–water partition coefficient (Wildman–Crippen LogP) is 0.0525. The highest BCUT2D eigenvalue weighted by Gasteiger charge is 2.46. The summed E-state index contributed by atoms with van der Waals surface area (Å²) in [4.78, 5) is 6.47. The normalized spacial score (nSPS) is 34.1. The van der Waals surface area contributed by atoms with E-state index in [4.69, 9.17) is 5.73 Å². The van der Waals surface area contributed by atoms with Gasteiger partial charge in [-0.05, 0) is 25.7 Å². The molecular formula is C10H16N4O2S. The lowest BCUT2D eigenvalue weighted by molar-refractivity contribution is 0.227. The molecule has 2 fully saturated rings. The van der Waals surface area contributed by atoms with Crippen LogP contribution in [0.15, 0.2) is 17.6 Å². The van der Waals surface area contributed by atoms with Crippen molar-refractivity contribution in [2.45, 2.75) is 48.8 Å². The van der Waals surface area contributed by atoms with Gasteiger partial charge in [-0.2, -0.15) is 4.31 Å². The quantitative estimate of drug-likeness (QED) is 0.782. The number of aromatic amines is 1. The van der Waals surface area contributed by atoms with Crippen LogP contribution in [-0.2, 0) is 10.0 Å². The van der Waals surface area contributed by atoms with Crippen molar-refractivity contribution >= 4 is 10.0 Å². The van der Waals surface area contributed by atoms with E-state index in [9.17, 15) is 8.42 Å². The second-order valence-electron chi connectivity index (χ2n) is 4.87. The van der Waals surface area contributed by atoms with Gasteiger partial charge in [-0.1, -0.05) is 0 Å². The van der Waals surface area contributed by atoms with Crippen molar-refractivity contribution in [1.29, 1.82) is 0 Å². The van der Waals surface area contributed by atoms with Gasteiger partial charge in [-0.25, -0.2) is 13.4 Å². The molecule has 2 aliphatic heterocycles. The number of aromatic nitrogens is 2. The third-order valence-electron chi connectivity index (χ3n) is 3.73. The summed E-state index contributed by atoms with van der Waals surface area (Å²) < 4.78 is 26.5. The third kappa shape index (κ3) is 1.69. The zero-order chi connectivity index (χ0) is 12.0. The molecule has 1 aromatic rings. The van der Waals surface area contributed by atoms with E-state index in [1.54, 1.807) is 4.31 Å². The minimum Gasteiger partial charge on any atom is -0.335 e. The monoisotopic (exact) mass is 256 g/mol. The molecule has 0 aromatic carbocycles. The van der Waals surface area contributed by atoms with Gasteiger partial charge in [-0.3, -0.25) is 0 Å². The molecule has 0 amide bonds. The number of rotatable bonds is 2. The van der Waals surface area contributed by atoms with Crippen LogP contribution in [0.4, 0.5) is 0 Å². The average molecular weight is 256 g/mol. The number of piperidine rings is 1. The number of fused-ring (bicyclic) bond motifs is 2. The van der Waals surface area contributed by atoms with Crippen molar-refractivity contribution in [1.82, 2.24) is 14.3 Å². The summed E-state index contributed by atoms with van der Waals surface area (Å²) in [5.74, 6) is 0. The first-order valence-electron chi connectivity index (χ1n) is 5.86. The zero-order valence-electron chi connectivity index (χ0n) is 9.41. The Morgan fingerprint density at radius 1 is 1.35 bits per heavy atom. The molecule has 2 bridgehead atoms. The smallest absolute Gasteiger partial charge is 0.260 e. The first-order valence-corrected chi connectivity index (χ1v) is 7.30. The minimum atomic E-state index is -3.42. The second kappa shape index (κ2) is 3.79. The Morgan fingerprint density at radius 2 is 2.00 bits per heavy atom. The van der Waals surface area contributed by atoms with Crippen LogP contribution in [-0.4, -0.2) is 40.8 Å². The maximum atomic E-state index is 12.4. The highest BCUT2D eigenvalue weighted by molar-refractivity contribution is 7.89. The SMILES string of the molecule is NC1CC2CCC(C1)N2S(=O)(=O)c1cnc[nH]1. The van der Waals surface area contributed by atoms with Gasteiger partial charge in [0, 0.05) is 18.1 Å². The van der Waals surface area contributed by atoms with E-state index in [1.807, 2.05) is 0 Å². The minimum absolute atomic E-state index is 0.0667. The van der Waals surface area contributed by atoms with Crippen LogP contribution in [0.5, 0.6) is 0 Å². The fraction of sp³-hybridized carbons (Fsp3) is 0.700. The Kier molecular flexibility index (Phi) is 2.49. The van der Waals surface area contributed by atoms with Crippen molar-refractivity contribution in [3.8, 4) is 0 Å². The summed E-state index contributed by atoms with van der Waals surface area (Å²) in [5.41, 5.74) is 5.94. The molecular weight excluding hydrogens is 240 g/mol. The zero-order valence-corrected chi connectivity index (χ0v) is 10.2. The molecule has 2 unspecified atom stereocenters. The van der Waals surface area contributed by atoms with Crippen LogP contribution in [0.1, 0.15) is 25.7 Å². The molecule has 0 radical (unpaired) electrons. The summed E-state index contributed by atoms with van der Waals surface area (Å²) >= 11 is 0. The van der Waals surface area contributed by atoms with Gasteiger partial charge in [0.2, 0.25) is 0 Å². The molecule has 3 rings (SSSR count). The summed E-state index contributed by atoms with van der Waals surface area (Å²) in [6, 6.07) is 0.273. The highest BCUT2D eigenvalue weighted by atomic mass is 32.2. The first-order chi connectivity index (χ1) is 8.09. The Morgan fingerprint density at radius 3 is 2.53 bits per heavy atom. The van der Waals surface area contributed by atoms with E-state index in [0.717, 1.165) is 25.7 Å². The lowest BCUT2D eigenvalue weighted by atomic mass is 10.0. The number of nitrogens with two attached hydrogens (primary N) is 1. The second-order valence-corrected chi connectivity index (χ2v) is 6.68. The Balaban J connectivity index is 1.96. The molecule has 7 heteroatoms. The molecule has 2 atom stereocenters. The van der Waals surface area contributed by atoms with E-state index >= 15 is 0 Å². The fourth-order valence-electron chi connectivity index (χ4n) is 3.07. The van der Waals surface area contributed by atoms with E-state index in [-0.39, 0.29) is 23.2 Å². The standard InChI is InChI=1S/C10H16N4O2S/c11-7-3-8-1-2-9(4-7)14(8)17(15,16)10-5-12-6-13-10/h5-9H,1-4,11H2,(H,12,13). The Hall–Kier alpha value is -0.920. The largest absolute Gasteiger partial charge is 0.335 e. The van der Waals surface area contributed by atoms with E-state index in [1.165, 1.54) is 12.5 Å². The summed E-state index contributed by atoms with van der Waals surface area (Å²) in [6.45, 7) is 0. The lowest BCUT2D eigenvalue weighted by Gasteiger charge is -2.36. The van der Waals surface area contributed by atoms with Crippen LogP contribution in [0, 0.1) is 0 Å². The van der Waals surface area contributed by atoms with Crippen molar-refractivity contribution in [3.05, 3.63) is 12.5 Å². The maximum Gasteiger partial charge on any atom is 0.260 e. The molecule has 3 N–H and O–H groups in total. The molecule has 3 heterocycles. The van der Waals surface area contributed by atoms with E-state index in [0.29, 0.717) is 0 Å². The molecule has 17 heavy (non-hydrogen) atoms. The van der Waals surface area contributed by atoms with Crippen molar-refractivity contribution in [2.24, 2.45) is 5.73 Å². The lowest BCUT2D eigenvalue weighted by Crippen LogP contribution is -2.50. The first kappa shape index (κ1) is 11.2. The van der Waals surface area contributed by atoms with Gasteiger partial charge < -0.3 is 10.7 Å².